The Morgan fingerprint density at radius 2 is 1.56 bits per heavy atom. The molecule has 3 aromatic carbocycles. The number of benzene rings is 1. The van der Waals surface area contributed by atoms with Crippen LogP contribution in [0.15, 0.2) is 24.3 Å². The van der Waals surface area contributed by atoms with Crippen molar-refractivity contribution < 1.29 is 29.7 Å². The van der Waals surface area contributed by atoms with E-state index in [4.69, 9.17) is 0 Å². The van der Waals surface area contributed by atoms with Crippen LogP contribution in [0.5, 0.6) is 0 Å². The average Bonchev–Trinajstić information content (AvgIpc) is 3.06. The van der Waals surface area contributed by atoms with Crippen molar-refractivity contribution in [1.29, 1.82) is 0 Å². The number of aryl methyl sites for hydroxylation is 3. The van der Waals surface area contributed by atoms with Crippen LogP contribution in [-0.2, 0) is 30.9 Å². The van der Waals surface area contributed by atoms with Gasteiger partial charge in [0.2, 0.25) is 0 Å². The van der Waals surface area contributed by atoms with Crippen LogP contribution >= 0.6 is 0 Å². The maximum absolute atomic E-state index is 9.80. The molecule has 27 heavy (non-hydrogen) atoms. The van der Waals surface area contributed by atoms with Gasteiger partial charge in [0.25, 0.3) is 0 Å². The molecule has 0 aromatic heterocycles. The number of rotatable bonds is 2. The first-order valence-electron chi connectivity index (χ1n) is 9.50. The predicted molar refractivity (Wildman–Crippen MR) is 111 cm³/mol. The first-order valence-corrected chi connectivity index (χ1v) is 11.4. The van der Waals surface area contributed by atoms with E-state index in [0.29, 0.717) is 0 Å². The molecule has 0 aliphatic heterocycles. The van der Waals surface area contributed by atoms with Gasteiger partial charge in [0.15, 0.2) is 0 Å². The Morgan fingerprint density at radius 1 is 0.963 bits per heavy atom. The van der Waals surface area contributed by atoms with Crippen LogP contribution in [-0.4, -0.2) is 0 Å². The van der Waals surface area contributed by atoms with E-state index in [-0.39, 0.29) is 0 Å². The topological polar surface area (TPSA) is 0 Å². The summed E-state index contributed by atoms with van der Waals surface area (Å²) in [5, 5.41) is 2.78. The van der Waals surface area contributed by atoms with Crippen molar-refractivity contribution >= 4 is 10.8 Å². The van der Waals surface area contributed by atoms with E-state index in [2.05, 4.69) is 79.7 Å². The Morgan fingerprint density at radius 3 is 2.04 bits per heavy atom. The molecule has 146 valence electrons. The summed E-state index contributed by atoms with van der Waals surface area (Å²) in [7, 11) is 0. The van der Waals surface area contributed by atoms with E-state index < -0.39 is 24.5 Å². The fourth-order valence-electron chi connectivity index (χ4n) is 3.76. The Kier molecular flexibility index (Phi) is 9.81. The van der Waals surface area contributed by atoms with Gasteiger partial charge < -0.3 is 0 Å². The molecular formula is C24H32F2Zr. The molecule has 0 atom stereocenters. The molecule has 0 saturated heterocycles. The molecule has 0 aliphatic rings. The second-order valence-electron chi connectivity index (χ2n) is 7.42. The summed E-state index contributed by atoms with van der Waals surface area (Å²) in [4.78, 5) is 0. The van der Waals surface area contributed by atoms with E-state index in [1.54, 1.807) is 5.56 Å². The van der Waals surface area contributed by atoms with Crippen molar-refractivity contribution in [2.24, 2.45) is 0 Å². The van der Waals surface area contributed by atoms with Crippen molar-refractivity contribution in [2.45, 2.75) is 68.2 Å². The molecule has 0 spiro atoms. The molecule has 0 nitrogen and oxygen atoms in total. The second-order valence-corrected chi connectivity index (χ2v) is 7.77. The average molecular weight is 450 g/mol. The summed E-state index contributed by atoms with van der Waals surface area (Å²) in [6, 6.07) is 8.98. The number of fused-ring (bicyclic) bond motifs is 1. The van der Waals surface area contributed by atoms with E-state index >= 15 is 0 Å². The molecule has 0 heterocycles. The molecule has 0 bridgehead atoms. The van der Waals surface area contributed by atoms with Crippen molar-refractivity contribution in [1.82, 2.24) is 0 Å². The minimum atomic E-state index is -2.77. The van der Waals surface area contributed by atoms with Crippen molar-refractivity contribution in [3.8, 4) is 0 Å². The summed E-state index contributed by atoms with van der Waals surface area (Å²) >= 11 is -2.77. The molecule has 0 fully saturated rings. The standard InChI is InChI=1S/C12H13.C12H19.2FH.Zr/c1-8-4-10(3)12-7-9(2)6-11(12)5-8;1-6-7-12-10(4)8(2)9(3)11(12)5;;;/h4-7H,1-3H3;6-7H2,1-5H3;2*1H;/q2*-1;;;+4/p-2. The maximum atomic E-state index is 9.80. The van der Waals surface area contributed by atoms with Crippen LogP contribution in [0.2, 0.25) is 0 Å². The van der Waals surface area contributed by atoms with Gasteiger partial charge in [-0.2, -0.15) is 33.9 Å². The number of hydrogen-bond donors (Lipinski definition) is 0. The summed E-state index contributed by atoms with van der Waals surface area (Å²) in [6.45, 7) is 17.7. The van der Waals surface area contributed by atoms with Gasteiger partial charge in [0.05, 0.1) is 0 Å². The van der Waals surface area contributed by atoms with Gasteiger partial charge in [0, 0.05) is 0 Å². The zero-order valence-electron chi connectivity index (χ0n) is 18.0. The summed E-state index contributed by atoms with van der Waals surface area (Å²) in [6.07, 6.45) is 2.50. The van der Waals surface area contributed by atoms with Crippen LogP contribution in [0.4, 0.5) is 5.25 Å². The molecule has 0 N–H and O–H groups in total. The van der Waals surface area contributed by atoms with Crippen molar-refractivity contribution in [3.63, 3.8) is 0 Å². The van der Waals surface area contributed by atoms with Gasteiger partial charge in [-0.25, -0.2) is 0 Å². The van der Waals surface area contributed by atoms with Crippen LogP contribution in [0.1, 0.15) is 57.9 Å². The second kappa shape index (κ2) is 11.1. The Balaban J connectivity index is 0.000000236. The number of halogens is 2. The van der Waals surface area contributed by atoms with E-state index in [1.807, 2.05) is 0 Å². The molecular weight excluding hydrogens is 417 g/mol. The minimum absolute atomic E-state index is 1.24. The molecule has 0 unspecified atom stereocenters. The monoisotopic (exact) mass is 448 g/mol. The van der Waals surface area contributed by atoms with Gasteiger partial charge in [-0.3, -0.25) is 0 Å². The zero-order valence-corrected chi connectivity index (χ0v) is 20.4. The number of hydrogen-bond acceptors (Lipinski definition) is 0. The van der Waals surface area contributed by atoms with Gasteiger partial charge in [-0.05, 0) is 13.8 Å². The van der Waals surface area contributed by atoms with E-state index in [0.717, 1.165) is 0 Å². The molecule has 0 amide bonds. The fourth-order valence-corrected chi connectivity index (χ4v) is 3.76. The first kappa shape index (κ1) is 24.0. The zero-order chi connectivity index (χ0) is 20.7. The van der Waals surface area contributed by atoms with Crippen LogP contribution < -0.4 is 0 Å². The van der Waals surface area contributed by atoms with Crippen molar-refractivity contribution in [2.75, 3.05) is 0 Å². The van der Waals surface area contributed by atoms with Gasteiger partial charge in [-0.1, -0.05) is 71.6 Å². The van der Waals surface area contributed by atoms with Crippen LogP contribution in [0.3, 0.4) is 0 Å². The van der Waals surface area contributed by atoms with Crippen molar-refractivity contribution in [3.05, 3.63) is 68.8 Å². The first-order chi connectivity index (χ1) is 12.7. The summed E-state index contributed by atoms with van der Waals surface area (Å²) in [5.74, 6) is 0. The molecule has 3 aromatic rings. The molecule has 0 saturated carbocycles. The predicted octanol–water partition coefficient (Wildman–Crippen LogP) is 7.91. The SMILES string of the molecule is CCCc1c(C)c(C)c(C)[c-]1C.Cc1cc(C)c2cc(C)[cH-]c2c1.[F][Zr+2][F]. The third-order valence-corrected chi connectivity index (χ3v) is 5.41. The molecule has 3 rings (SSSR count). The third-order valence-electron chi connectivity index (χ3n) is 5.41. The normalized spacial score (nSPS) is 10.0. The van der Waals surface area contributed by atoms with Crippen LogP contribution in [0.25, 0.3) is 10.8 Å². The van der Waals surface area contributed by atoms with Gasteiger partial charge >= 0.3 is 29.7 Å². The van der Waals surface area contributed by atoms with Crippen LogP contribution in [0, 0.1) is 48.5 Å². The Bertz CT molecular complexity index is 843. The molecule has 0 radical (unpaired) electrons. The Hall–Kier alpha value is -1.08. The third kappa shape index (κ3) is 6.21. The van der Waals surface area contributed by atoms with Gasteiger partial charge in [-0.15, -0.1) is 28.5 Å². The van der Waals surface area contributed by atoms with E-state index in [1.165, 1.54) is 62.6 Å². The quantitative estimate of drug-likeness (QED) is 0.349. The molecule has 3 heteroatoms. The van der Waals surface area contributed by atoms with Gasteiger partial charge in [0.1, 0.15) is 0 Å². The summed E-state index contributed by atoms with van der Waals surface area (Å²) in [5.41, 5.74) is 11.7. The fraction of sp³-hybridized carbons (Fsp3) is 0.417. The molecule has 0 aliphatic carbocycles. The summed E-state index contributed by atoms with van der Waals surface area (Å²) < 4.78 is 19.6. The van der Waals surface area contributed by atoms with E-state index in [9.17, 15) is 5.25 Å². The Labute approximate surface area is 177 Å².